The Kier molecular flexibility index (Phi) is 4.07. The lowest BCUT2D eigenvalue weighted by molar-refractivity contribution is 0.731. The first-order chi connectivity index (χ1) is 8.90. The zero-order valence-electron chi connectivity index (χ0n) is 11.5. The van der Waals surface area contributed by atoms with Gasteiger partial charge in [-0.1, -0.05) is 23.2 Å². The molecule has 0 aliphatic rings. The first-order valence-corrected chi connectivity index (χ1v) is 6.87. The minimum Gasteiger partial charge on any atom is -0.375 e. The van der Waals surface area contributed by atoms with Crippen molar-refractivity contribution in [1.29, 1.82) is 0 Å². The van der Waals surface area contributed by atoms with E-state index >= 15 is 0 Å². The van der Waals surface area contributed by atoms with Crippen molar-refractivity contribution in [1.82, 2.24) is 9.78 Å². The van der Waals surface area contributed by atoms with Gasteiger partial charge in [-0.3, -0.25) is 4.68 Å². The number of hydrogen-bond donors (Lipinski definition) is 1. The Bertz CT molecular complexity index is 605. The van der Waals surface area contributed by atoms with Gasteiger partial charge in [0.1, 0.15) is 0 Å². The molecule has 1 N–H and O–H groups in total. The third-order valence-electron chi connectivity index (χ3n) is 3.29. The number of benzene rings is 1. The molecule has 0 saturated carbocycles. The zero-order valence-corrected chi connectivity index (χ0v) is 13.0. The van der Waals surface area contributed by atoms with Crippen LogP contribution in [0.2, 0.25) is 10.0 Å². The van der Waals surface area contributed by atoms with Crippen LogP contribution < -0.4 is 5.32 Å². The van der Waals surface area contributed by atoms with E-state index in [1.807, 2.05) is 37.7 Å². The van der Waals surface area contributed by atoms with Crippen molar-refractivity contribution < 1.29 is 0 Å². The molecule has 1 aromatic carbocycles. The van der Waals surface area contributed by atoms with E-state index in [1.54, 1.807) is 6.07 Å². The van der Waals surface area contributed by atoms with E-state index in [1.165, 1.54) is 0 Å². The molecule has 0 radical (unpaired) electrons. The molecule has 0 aliphatic carbocycles. The van der Waals surface area contributed by atoms with Crippen LogP contribution >= 0.6 is 23.2 Å². The number of aromatic nitrogens is 2. The molecule has 1 unspecified atom stereocenters. The highest BCUT2D eigenvalue weighted by molar-refractivity contribution is 6.33. The molecule has 1 heterocycles. The second kappa shape index (κ2) is 5.43. The van der Waals surface area contributed by atoms with Gasteiger partial charge in [-0.25, -0.2) is 0 Å². The first-order valence-electron chi connectivity index (χ1n) is 6.12. The molecule has 0 aliphatic heterocycles. The Labute approximate surface area is 123 Å². The van der Waals surface area contributed by atoms with E-state index in [0.717, 1.165) is 22.6 Å². The second-order valence-electron chi connectivity index (χ2n) is 4.70. The Balaban J connectivity index is 2.30. The lowest BCUT2D eigenvalue weighted by Gasteiger charge is -2.17. The molecule has 1 atom stereocenters. The maximum Gasteiger partial charge on any atom is 0.0828 e. The number of hydrogen-bond acceptors (Lipinski definition) is 2. The molecule has 0 bridgehead atoms. The highest BCUT2D eigenvalue weighted by atomic mass is 35.5. The van der Waals surface area contributed by atoms with Gasteiger partial charge in [0.05, 0.1) is 23.1 Å². The van der Waals surface area contributed by atoms with Crippen molar-refractivity contribution in [3.05, 3.63) is 45.2 Å². The number of rotatable bonds is 3. The van der Waals surface area contributed by atoms with E-state index in [-0.39, 0.29) is 6.04 Å². The first kappa shape index (κ1) is 14.2. The predicted octanol–water partition coefficient (Wildman–Crippen LogP) is 4.52. The van der Waals surface area contributed by atoms with Crippen LogP contribution in [0.5, 0.6) is 0 Å². The fourth-order valence-corrected chi connectivity index (χ4v) is 2.58. The summed E-state index contributed by atoms with van der Waals surface area (Å²) in [6.07, 6.45) is 0. The Morgan fingerprint density at radius 1 is 1.26 bits per heavy atom. The predicted molar refractivity (Wildman–Crippen MR) is 81.2 cm³/mol. The molecule has 19 heavy (non-hydrogen) atoms. The third kappa shape index (κ3) is 2.88. The van der Waals surface area contributed by atoms with Crippen molar-refractivity contribution in [2.24, 2.45) is 7.05 Å². The molecule has 0 fully saturated rings. The van der Waals surface area contributed by atoms with Crippen molar-refractivity contribution in [3.63, 3.8) is 0 Å². The van der Waals surface area contributed by atoms with Crippen molar-refractivity contribution in [2.45, 2.75) is 26.8 Å². The maximum atomic E-state index is 6.22. The average Bonchev–Trinajstić information content (AvgIpc) is 2.59. The quantitative estimate of drug-likeness (QED) is 0.903. The van der Waals surface area contributed by atoms with Gasteiger partial charge in [-0.2, -0.15) is 5.10 Å². The summed E-state index contributed by atoms with van der Waals surface area (Å²) in [4.78, 5) is 0. The SMILES string of the molecule is Cc1nn(C)c(C)c1NC(C)c1cc(Cl)ccc1Cl. The average molecular weight is 298 g/mol. The fraction of sp³-hybridized carbons (Fsp3) is 0.357. The van der Waals surface area contributed by atoms with Gasteiger partial charge in [-0.05, 0) is 44.5 Å². The Morgan fingerprint density at radius 3 is 2.53 bits per heavy atom. The van der Waals surface area contributed by atoms with Gasteiger partial charge >= 0.3 is 0 Å². The van der Waals surface area contributed by atoms with Gasteiger partial charge < -0.3 is 5.32 Å². The number of anilines is 1. The van der Waals surface area contributed by atoms with Gasteiger partial charge in [0.15, 0.2) is 0 Å². The summed E-state index contributed by atoms with van der Waals surface area (Å²) in [7, 11) is 1.94. The number of aryl methyl sites for hydroxylation is 2. The molecular weight excluding hydrogens is 281 g/mol. The number of nitrogens with zero attached hydrogens (tertiary/aromatic N) is 2. The highest BCUT2D eigenvalue weighted by Crippen LogP contribution is 2.30. The van der Waals surface area contributed by atoms with Crippen LogP contribution in [0.25, 0.3) is 0 Å². The second-order valence-corrected chi connectivity index (χ2v) is 5.54. The summed E-state index contributed by atoms with van der Waals surface area (Å²) < 4.78 is 1.87. The summed E-state index contributed by atoms with van der Waals surface area (Å²) in [5, 5.41) is 9.25. The van der Waals surface area contributed by atoms with Crippen LogP contribution in [0.4, 0.5) is 5.69 Å². The molecule has 0 amide bonds. The van der Waals surface area contributed by atoms with Crippen LogP contribution in [0.15, 0.2) is 18.2 Å². The molecule has 3 nitrogen and oxygen atoms in total. The van der Waals surface area contributed by atoms with Crippen molar-refractivity contribution in [3.8, 4) is 0 Å². The summed E-state index contributed by atoms with van der Waals surface area (Å²) in [5.74, 6) is 0. The molecular formula is C14H17Cl2N3. The maximum absolute atomic E-state index is 6.22. The number of nitrogens with one attached hydrogen (secondary N) is 1. The minimum atomic E-state index is 0.0628. The van der Waals surface area contributed by atoms with Gasteiger partial charge in [0.2, 0.25) is 0 Å². The third-order valence-corrected chi connectivity index (χ3v) is 3.87. The van der Waals surface area contributed by atoms with Crippen LogP contribution in [0.1, 0.15) is 29.9 Å². The van der Waals surface area contributed by atoms with E-state index in [0.29, 0.717) is 10.0 Å². The minimum absolute atomic E-state index is 0.0628. The fourth-order valence-electron chi connectivity index (χ4n) is 2.12. The topological polar surface area (TPSA) is 29.9 Å². The van der Waals surface area contributed by atoms with Crippen LogP contribution in [0, 0.1) is 13.8 Å². The van der Waals surface area contributed by atoms with E-state index in [4.69, 9.17) is 23.2 Å². The van der Waals surface area contributed by atoms with Gasteiger partial charge in [0.25, 0.3) is 0 Å². The van der Waals surface area contributed by atoms with Gasteiger partial charge in [-0.15, -0.1) is 0 Å². The summed E-state index contributed by atoms with van der Waals surface area (Å²) in [6.45, 7) is 6.08. The van der Waals surface area contributed by atoms with Gasteiger partial charge in [0, 0.05) is 17.1 Å². The molecule has 1 aromatic heterocycles. The molecule has 2 aromatic rings. The summed E-state index contributed by atoms with van der Waals surface area (Å²) >= 11 is 12.3. The molecule has 102 valence electrons. The highest BCUT2D eigenvalue weighted by Gasteiger charge is 2.15. The van der Waals surface area contributed by atoms with Crippen molar-refractivity contribution in [2.75, 3.05) is 5.32 Å². The normalized spacial score (nSPS) is 12.5. The standard InChI is InChI=1S/C14H17Cl2N3/c1-8(12-7-11(15)5-6-13(12)16)17-14-9(2)18-19(4)10(14)3/h5-8,17H,1-4H3. The molecule has 5 heteroatoms. The monoisotopic (exact) mass is 297 g/mol. The largest absolute Gasteiger partial charge is 0.375 e. The van der Waals surface area contributed by atoms with Crippen LogP contribution in [0.3, 0.4) is 0 Å². The Morgan fingerprint density at radius 2 is 1.95 bits per heavy atom. The molecule has 2 rings (SSSR count). The summed E-state index contributed by atoms with van der Waals surface area (Å²) in [5.41, 5.74) is 4.11. The van der Waals surface area contributed by atoms with E-state index in [2.05, 4.69) is 17.3 Å². The van der Waals surface area contributed by atoms with E-state index in [9.17, 15) is 0 Å². The summed E-state index contributed by atoms with van der Waals surface area (Å²) in [6, 6.07) is 5.57. The van der Waals surface area contributed by atoms with Crippen LogP contribution in [-0.4, -0.2) is 9.78 Å². The van der Waals surface area contributed by atoms with Crippen LogP contribution in [-0.2, 0) is 7.05 Å². The molecule has 0 saturated heterocycles. The Hall–Kier alpha value is -1.19. The lowest BCUT2D eigenvalue weighted by atomic mass is 10.1. The number of halogens is 2. The smallest absolute Gasteiger partial charge is 0.0828 e. The molecule has 0 spiro atoms. The zero-order chi connectivity index (χ0) is 14.2. The van der Waals surface area contributed by atoms with E-state index < -0.39 is 0 Å². The van der Waals surface area contributed by atoms with Crippen molar-refractivity contribution >= 4 is 28.9 Å². The lowest BCUT2D eigenvalue weighted by Crippen LogP contribution is -2.08.